The van der Waals surface area contributed by atoms with Gasteiger partial charge in [-0.1, -0.05) is 25.1 Å². The summed E-state index contributed by atoms with van der Waals surface area (Å²) in [6, 6.07) is 8.22. The highest BCUT2D eigenvalue weighted by Crippen LogP contribution is 2.30. The Kier molecular flexibility index (Phi) is 5.40. The standard InChI is InChI=1S/C24H28N4O2S/c1-3-19-16(2)31-23-22(19)24(30)28(15-25-23)18-8-6-11-26(13-18)14-21(29)27-12-10-17-7-4-5-9-20(17)27/h4-5,7,9,15,18H,3,6,8,10-14H2,1-2H3. The van der Waals surface area contributed by atoms with Gasteiger partial charge in [0.15, 0.2) is 0 Å². The van der Waals surface area contributed by atoms with E-state index in [0.29, 0.717) is 13.1 Å². The van der Waals surface area contributed by atoms with Crippen LogP contribution in [0.4, 0.5) is 5.69 Å². The van der Waals surface area contributed by atoms with E-state index in [1.54, 1.807) is 17.7 Å². The molecule has 1 aromatic carbocycles. The lowest BCUT2D eigenvalue weighted by Gasteiger charge is -2.34. The Morgan fingerprint density at radius 2 is 2.10 bits per heavy atom. The van der Waals surface area contributed by atoms with Crippen molar-refractivity contribution in [1.82, 2.24) is 14.5 Å². The van der Waals surface area contributed by atoms with E-state index in [1.807, 2.05) is 27.7 Å². The molecule has 0 radical (unpaired) electrons. The third-order valence-corrected chi connectivity index (χ3v) is 7.77. The first-order valence-electron chi connectivity index (χ1n) is 11.2. The molecule has 4 heterocycles. The second-order valence-corrected chi connectivity index (χ2v) is 9.79. The molecule has 0 bridgehead atoms. The molecule has 1 atom stereocenters. The second kappa shape index (κ2) is 8.20. The van der Waals surface area contributed by atoms with Crippen molar-refractivity contribution < 1.29 is 4.79 Å². The summed E-state index contributed by atoms with van der Waals surface area (Å²) in [7, 11) is 0. The highest BCUT2D eigenvalue weighted by atomic mass is 32.1. The summed E-state index contributed by atoms with van der Waals surface area (Å²) >= 11 is 1.61. The number of carbonyl (C=O) groups excluding carboxylic acids is 1. The molecule has 0 N–H and O–H groups in total. The van der Waals surface area contributed by atoms with Gasteiger partial charge in [0.2, 0.25) is 5.91 Å². The quantitative estimate of drug-likeness (QED) is 0.628. The third-order valence-electron chi connectivity index (χ3n) is 6.71. The van der Waals surface area contributed by atoms with Gasteiger partial charge in [-0.25, -0.2) is 4.98 Å². The van der Waals surface area contributed by atoms with E-state index in [1.165, 1.54) is 10.4 Å². The summed E-state index contributed by atoms with van der Waals surface area (Å²) in [5.41, 5.74) is 3.49. The van der Waals surface area contributed by atoms with Crippen molar-refractivity contribution in [3.8, 4) is 0 Å². The number of nitrogens with zero attached hydrogens (tertiary/aromatic N) is 4. The smallest absolute Gasteiger partial charge is 0.262 e. The van der Waals surface area contributed by atoms with Gasteiger partial charge >= 0.3 is 0 Å². The summed E-state index contributed by atoms with van der Waals surface area (Å²) in [5, 5.41) is 0.786. The van der Waals surface area contributed by atoms with Gasteiger partial charge in [0.1, 0.15) is 4.83 Å². The van der Waals surface area contributed by atoms with Crippen molar-refractivity contribution in [3.05, 3.63) is 57.0 Å². The van der Waals surface area contributed by atoms with E-state index < -0.39 is 0 Å². The fourth-order valence-electron chi connectivity index (χ4n) is 5.13. The summed E-state index contributed by atoms with van der Waals surface area (Å²) in [5.74, 6) is 0.147. The number of likely N-dealkylation sites (tertiary alicyclic amines) is 1. The van der Waals surface area contributed by atoms with Crippen molar-refractivity contribution >= 4 is 33.1 Å². The number of hydrogen-bond acceptors (Lipinski definition) is 5. The average Bonchev–Trinajstić information content (AvgIpc) is 3.35. The zero-order chi connectivity index (χ0) is 21.5. The number of amides is 1. The zero-order valence-corrected chi connectivity index (χ0v) is 19.0. The van der Waals surface area contributed by atoms with E-state index >= 15 is 0 Å². The van der Waals surface area contributed by atoms with Gasteiger partial charge in [-0.3, -0.25) is 19.1 Å². The first kappa shape index (κ1) is 20.4. The van der Waals surface area contributed by atoms with Crippen LogP contribution < -0.4 is 10.5 Å². The number of anilines is 1. The Balaban J connectivity index is 1.35. The fraction of sp³-hybridized carbons (Fsp3) is 0.458. The normalized spacial score (nSPS) is 19.2. The van der Waals surface area contributed by atoms with Crippen LogP contribution in [-0.2, 0) is 17.6 Å². The summed E-state index contributed by atoms with van der Waals surface area (Å²) < 4.78 is 1.81. The van der Waals surface area contributed by atoms with Crippen molar-refractivity contribution in [1.29, 1.82) is 0 Å². The number of thiophene rings is 1. The number of aryl methyl sites for hydroxylation is 2. The number of para-hydroxylation sites is 1. The van der Waals surface area contributed by atoms with Crippen LogP contribution in [0.2, 0.25) is 0 Å². The van der Waals surface area contributed by atoms with Crippen LogP contribution in [0, 0.1) is 6.92 Å². The molecule has 2 aromatic heterocycles. The molecular formula is C24H28N4O2S. The molecule has 31 heavy (non-hydrogen) atoms. The molecular weight excluding hydrogens is 408 g/mol. The van der Waals surface area contributed by atoms with Gasteiger partial charge in [0.25, 0.3) is 5.56 Å². The van der Waals surface area contributed by atoms with Gasteiger partial charge in [-0.05, 0) is 56.3 Å². The molecule has 6 nitrogen and oxygen atoms in total. The molecule has 0 spiro atoms. The first-order valence-corrected chi connectivity index (χ1v) is 12.0. The lowest BCUT2D eigenvalue weighted by molar-refractivity contribution is -0.120. The van der Waals surface area contributed by atoms with Gasteiger partial charge in [-0.15, -0.1) is 11.3 Å². The number of benzene rings is 1. The molecule has 1 amide bonds. The van der Waals surface area contributed by atoms with Crippen LogP contribution in [0.1, 0.15) is 41.8 Å². The Labute approximate surface area is 186 Å². The highest BCUT2D eigenvalue weighted by Gasteiger charge is 2.29. The molecule has 5 rings (SSSR count). The SMILES string of the molecule is CCc1c(C)sc2ncn(C3CCCN(CC(=O)N4CCc5ccccc54)C3)c(=O)c12. The van der Waals surface area contributed by atoms with Crippen molar-refractivity contribution in [2.75, 3.05) is 31.1 Å². The lowest BCUT2D eigenvalue weighted by Crippen LogP contribution is -2.45. The number of hydrogen-bond donors (Lipinski definition) is 0. The Bertz CT molecular complexity index is 1200. The number of piperidine rings is 1. The van der Waals surface area contributed by atoms with E-state index in [2.05, 4.69) is 29.8 Å². The van der Waals surface area contributed by atoms with E-state index in [4.69, 9.17) is 0 Å². The number of aromatic nitrogens is 2. The minimum atomic E-state index is 0.0572. The molecule has 0 aliphatic carbocycles. The van der Waals surface area contributed by atoms with Crippen molar-refractivity contribution in [3.63, 3.8) is 0 Å². The van der Waals surface area contributed by atoms with E-state index in [0.717, 1.165) is 60.2 Å². The van der Waals surface area contributed by atoms with Crippen molar-refractivity contribution in [2.24, 2.45) is 0 Å². The maximum atomic E-state index is 13.3. The van der Waals surface area contributed by atoms with Gasteiger partial charge in [0, 0.05) is 23.7 Å². The van der Waals surface area contributed by atoms with Crippen LogP contribution >= 0.6 is 11.3 Å². The molecule has 1 saturated heterocycles. The summed E-state index contributed by atoms with van der Waals surface area (Å²) in [4.78, 5) is 37.1. The maximum absolute atomic E-state index is 13.3. The predicted molar refractivity (Wildman–Crippen MR) is 125 cm³/mol. The molecule has 1 fully saturated rings. The van der Waals surface area contributed by atoms with Crippen LogP contribution in [0.5, 0.6) is 0 Å². The topological polar surface area (TPSA) is 58.4 Å². The van der Waals surface area contributed by atoms with Gasteiger partial charge in [0.05, 0.1) is 24.3 Å². The van der Waals surface area contributed by atoms with E-state index in [9.17, 15) is 9.59 Å². The van der Waals surface area contributed by atoms with Crippen LogP contribution in [0.15, 0.2) is 35.4 Å². The minimum Gasteiger partial charge on any atom is -0.311 e. The third kappa shape index (κ3) is 3.59. The molecule has 162 valence electrons. The highest BCUT2D eigenvalue weighted by molar-refractivity contribution is 7.18. The van der Waals surface area contributed by atoms with Crippen LogP contribution in [0.3, 0.4) is 0 Å². The summed E-state index contributed by atoms with van der Waals surface area (Å²) in [6.07, 6.45) is 5.39. The largest absolute Gasteiger partial charge is 0.311 e. The number of fused-ring (bicyclic) bond motifs is 2. The lowest BCUT2D eigenvalue weighted by atomic mass is 10.0. The second-order valence-electron chi connectivity index (χ2n) is 8.58. The molecule has 3 aromatic rings. The molecule has 7 heteroatoms. The van der Waals surface area contributed by atoms with Crippen LogP contribution in [-0.4, -0.2) is 46.5 Å². The average molecular weight is 437 g/mol. The van der Waals surface area contributed by atoms with Gasteiger partial charge in [-0.2, -0.15) is 0 Å². The minimum absolute atomic E-state index is 0.0572. The molecule has 2 aliphatic heterocycles. The Morgan fingerprint density at radius 3 is 2.94 bits per heavy atom. The molecule has 2 aliphatic rings. The zero-order valence-electron chi connectivity index (χ0n) is 18.1. The Morgan fingerprint density at radius 1 is 1.26 bits per heavy atom. The predicted octanol–water partition coefficient (Wildman–Crippen LogP) is 3.56. The molecule has 1 unspecified atom stereocenters. The van der Waals surface area contributed by atoms with Crippen molar-refractivity contribution in [2.45, 2.75) is 45.6 Å². The monoisotopic (exact) mass is 436 g/mol. The first-order chi connectivity index (χ1) is 15.1. The fourth-order valence-corrected chi connectivity index (χ4v) is 6.20. The maximum Gasteiger partial charge on any atom is 0.262 e. The Hall–Kier alpha value is -2.51. The van der Waals surface area contributed by atoms with Gasteiger partial charge < -0.3 is 4.90 Å². The van der Waals surface area contributed by atoms with E-state index in [-0.39, 0.29) is 17.5 Å². The summed E-state index contributed by atoms with van der Waals surface area (Å²) in [6.45, 7) is 6.91. The molecule has 0 saturated carbocycles. The van der Waals surface area contributed by atoms with Crippen LogP contribution in [0.25, 0.3) is 10.2 Å². The number of carbonyl (C=O) groups is 1. The number of rotatable bonds is 4.